The van der Waals surface area contributed by atoms with Gasteiger partial charge in [-0.15, -0.1) is 0 Å². The summed E-state index contributed by atoms with van der Waals surface area (Å²) in [6.07, 6.45) is 1.37. The molecule has 0 saturated heterocycles. The van der Waals surface area contributed by atoms with Crippen molar-refractivity contribution in [1.82, 2.24) is 9.97 Å². The summed E-state index contributed by atoms with van der Waals surface area (Å²) >= 11 is 0. The lowest BCUT2D eigenvalue weighted by atomic mass is 10.6. The molecule has 8 nitrogen and oxygen atoms in total. The van der Waals surface area contributed by atoms with Crippen molar-refractivity contribution in [2.24, 2.45) is 5.84 Å². The molecule has 0 atom stereocenters. The van der Waals surface area contributed by atoms with Crippen LogP contribution in [0, 0.1) is 0 Å². The van der Waals surface area contributed by atoms with Crippen LogP contribution in [0.25, 0.3) is 0 Å². The molecule has 8 heteroatoms. The average Bonchev–Trinajstić information content (AvgIpc) is 2.46. The Morgan fingerprint density at radius 2 is 1.74 bits per heavy atom. The fourth-order valence-electron chi connectivity index (χ4n) is 1.17. The van der Waals surface area contributed by atoms with Crippen LogP contribution in [0.3, 0.4) is 0 Å². The largest absolute Gasteiger partial charge is 0.475 e. The van der Waals surface area contributed by atoms with E-state index < -0.39 is 0 Å². The Balaban J connectivity index is 1.98. The second kappa shape index (κ2) is 10.4. The number of nitrogens with zero attached hydrogens (tertiary/aromatic N) is 2. The highest BCUT2D eigenvalue weighted by molar-refractivity contribution is 5.35. The zero-order valence-corrected chi connectivity index (χ0v) is 11.0. The lowest BCUT2D eigenvalue weighted by molar-refractivity contribution is 0.0176. The molecule has 3 N–H and O–H groups in total. The van der Waals surface area contributed by atoms with Crippen LogP contribution in [-0.2, 0) is 14.2 Å². The van der Waals surface area contributed by atoms with Crippen LogP contribution in [0.15, 0.2) is 12.4 Å². The molecule has 0 fully saturated rings. The molecule has 0 aliphatic heterocycles. The summed E-state index contributed by atoms with van der Waals surface area (Å²) in [5.74, 6) is 6.16. The van der Waals surface area contributed by atoms with Crippen molar-refractivity contribution < 1.29 is 18.9 Å². The number of rotatable bonds is 11. The second-order valence-electron chi connectivity index (χ2n) is 3.45. The predicted octanol–water partition coefficient (Wildman–Crippen LogP) is -0.179. The Kier molecular flexibility index (Phi) is 8.56. The van der Waals surface area contributed by atoms with Crippen LogP contribution >= 0.6 is 0 Å². The maximum absolute atomic E-state index is 5.36. The van der Waals surface area contributed by atoms with E-state index in [-0.39, 0.29) is 0 Å². The molecule has 19 heavy (non-hydrogen) atoms. The number of nitrogens with one attached hydrogen (secondary N) is 1. The Labute approximate surface area is 112 Å². The Morgan fingerprint density at radius 3 is 2.42 bits per heavy atom. The molecule has 0 aliphatic rings. The number of methoxy groups -OCH3 is 1. The summed E-state index contributed by atoms with van der Waals surface area (Å²) in [6, 6.07) is 1.61. The molecule has 1 rings (SSSR count). The molecular formula is C11H20N4O4. The number of aromatic nitrogens is 2. The van der Waals surface area contributed by atoms with Gasteiger partial charge in [-0.25, -0.2) is 15.8 Å². The van der Waals surface area contributed by atoms with Gasteiger partial charge in [0.15, 0.2) is 0 Å². The maximum Gasteiger partial charge on any atom is 0.218 e. The number of nitrogen functional groups attached to an aromatic ring is 1. The van der Waals surface area contributed by atoms with Crippen LogP contribution in [0.1, 0.15) is 0 Å². The van der Waals surface area contributed by atoms with E-state index in [0.29, 0.717) is 51.3 Å². The van der Waals surface area contributed by atoms with Crippen LogP contribution < -0.4 is 16.0 Å². The van der Waals surface area contributed by atoms with Gasteiger partial charge in [-0.1, -0.05) is 0 Å². The first-order valence-electron chi connectivity index (χ1n) is 5.92. The van der Waals surface area contributed by atoms with Crippen LogP contribution in [-0.4, -0.2) is 56.7 Å². The van der Waals surface area contributed by atoms with Crippen molar-refractivity contribution in [2.75, 3.05) is 52.2 Å². The topological polar surface area (TPSA) is 101 Å². The van der Waals surface area contributed by atoms with Crippen LogP contribution in [0.5, 0.6) is 5.88 Å². The van der Waals surface area contributed by atoms with Gasteiger partial charge in [-0.05, 0) is 0 Å². The monoisotopic (exact) mass is 272 g/mol. The molecule has 0 aromatic carbocycles. The molecule has 1 aromatic rings. The number of nitrogens with two attached hydrogens (primary N) is 1. The first-order valence-corrected chi connectivity index (χ1v) is 5.92. The Morgan fingerprint density at radius 1 is 1.05 bits per heavy atom. The zero-order chi connectivity index (χ0) is 13.8. The lowest BCUT2D eigenvalue weighted by Gasteiger charge is -2.07. The number of hydrogen-bond donors (Lipinski definition) is 2. The normalized spacial score (nSPS) is 10.4. The summed E-state index contributed by atoms with van der Waals surface area (Å²) in [6.45, 7) is 3.09. The molecule has 0 aliphatic carbocycles. The zero-order valence-electron chi connectivity index (χ0n) is 11.0. The molecule has 108 valence electrons. The fraction of sp³-hybridized carbons (Fsp3) is 0.636. The minimum atomic E-state index is 0.402. The molecule has 1 aromatic heterocycles. The minimum absolute atomic E-state index is 0.402. The van der Waals surface area contributed by atoms with Crippen LogP contribution in [0.2, 0.25) is 0 Å². The van der Waals surface area contributed by atoms with Crippen LogP contribution in [0.4, 0.5) is 5.82 Å². The Hall–Kier alpha value is -1.48. The highest BCUT2D eigenvalue weighted by Crippen LogP contribution is 2.09. The van der Waals surface area contributed by atoms with E-state index in [1.807, 2.05) is 0 Å². The lowest BCUT2D eigenvalue weighted by Crippen LogP contribution is -2.13. The average molecular weight is 272 g/mol. The smallest absolute Gasteiger partial charge is 0.218 e. The first kappa shape index (κ1) is 15.6. The minimum Gasteiger partial charge on any atom is -0.475 e. The molecule has 1 heterocycles. The van der Waals surface area contributed by atoms with Gasteiger partial charge in [0.2, 0.25) is 5.88 Å². The van der Waals surface area contributed by atoms with Crippen molar-refractivity contribution in [3.05, 3.63) is 12.4 Å². The van der Waals surface area contributed by atoms with E-state index in [2.05, 4.69) is 15.4 Å². The van der Waals surface area contributed by atoms with Gasteiger partial charge in [-0.2, -0.15) is 0 Å². The van der Waals surface area contributed by atoms with Gasteiger partial charge in [0, 0.05) is 13.2 Å². The maximum atomic E-state index is 5.36. The van der Waals surface area contributed by atoms with Crippen molar-refractivity contribution in [1.29, 1.82) is 0 Å². The summed E-state index contributed by atoms with van der Waals surface area (Å²) in [4.78, 5) is 7.80. The van der Waals surface area contributed by atoms with Gasteiger partial charge in [0.05, 0.1) is 33.0 Å². The quantitative estimate of drug-likeness (QED) is 0.325. The number of hydrazine groups is 1. The Bertz CT molecular complexity index is 340. The summed E-state index contributed by atoms with van der Waals surface area (Å²) in [7, 11) is 1.63. The van der Waals surface area contributed by atoms with E-state index in [9.17, 15) is 0 Å². The highest BCUT2D eigenvalue weighted by Gasteiger charge is 1.98. The van der Waals surface area contributed by atoms with Gasteiger partial charge in [-0.3, -0.25) is 0 Å². The van der Waals surface area contributed by atoms with Crippen molar-refractivity contribution >= 4 is 5.82 Å². The van der Waals surface area contributed by atoms with E-state index in [1.54, 1.807) is 13.2 Å². The van der Waals surface area contributed by atoms with Crippen molar-refractivity contribution in [3.63, 3.8) is 0 Å². The number of ether oxygens (including phenoxy) is 4. The van der Waals surface area contributed by atoms with Gasteiger partial charge in [0.25, 0.3) is 0 Å². The van der Waals surface area contributed by atoms with E-state index in [1.165, 1.54) is 6.33 Å². The molecule has 0 bridgehead atoms. The predicted molar refractivity (Wildman–Crippen MR) is 68.9 cm³/mol. The highest BCUT2D eigenvalue weighted by atomic mass is 16.6. The molecule has 0 saturated carbocycles. The summed E-state index contributed by atoms with van der Waals surface area (Å²) < 4.78 is 20.8. The van der Waals surface area contributed by atoms with Gasteiger partial charge < -0.3 is 24.4 Å². The molecule has 0 amide bonds. The standard InChI is InChI=1S/C11H20N4O4/c1-16-2-3-17-4-5-18-6-7-19-11-8-10(15-12)13-9-14-11/h8-9H,2-7,12H2,1H3,(H,13,14,15). The number of anilines is 1. The van der Waals surface area contributed by atoms with Crippen molar-refractivity contribution in [3.8, 4) is 5.88 Å². The molecule has 0 radical (unpaired) electrons. The number of hydrogen-bond acceptors (Lipinski definition) is 8. The van der Waals surface area contributed by atoms with Crippen molar-refractivity contribution in [2.45, 2.75) is 0 Å². The van der Waals surface area contributed by atoms with Gasteiger partial charge in [0.1, 0.15) is 18.8 Å². The van der Waals surface area contributed by atoms with Gasteiger partial charge >= 0.3 is 0 Å². The van der Waals surface area contributed by atoms with E-state index >= 15 is 0 Å². The summed E-state index contributed by atoms with van der Waals surface area (Å²) in [5.41, 5.74) is 2.41. The third kappa shape index (κ3) is 7.52. The first-order chi connectivity index (χ1) is 9.36. The van der Waals surface area contributed by atoms with E-state index in [4.69, 9.17) is 24.8 Å². The third-order valence-corrected chi connectivity index (χ3v) is 2.07. The molecular weight excluding hydrogens is 252 g/mol. The fourth-order valence-corrected chi connectivity index (χ4v) is 1.17. The second-order valence-corrected chi connectivity index (χ2v) is 3.45. The van der Waals surface area contributed by atoms with E-state index in [0.717, 1.165) is 0 Å². The molecule has 0 unspecified atom stereocenters. The SMILES string of the molecule is COCCOCCOCCOc1cc(NN)ncn1. The summed E-state index contributed by atoms with van der Waals surface area (Å²) in [5, 5.41) is 0. The third-order valence-electron chi connectivity index (χ3n) is 2.07. The molecule has 0 spiro atoms.